The number of fused-ring (bicyclic) bond motifs is 3. The average molecular weight is 386 g/mol. The number of hydrogen-bond acceptors (Lipinski definition) is 3. The number of furan rings is 1. The van der Waals surface area contributed by atoms with Crippen molar-refractivity contribution >= 4 is 49.6 Å². The first-order valence-electron chi connectivity index (χ1n) is 7.92. The van der Waals surface area contributed by atoms with Crippen LogP contribution in [0.15, 0.2) is 46.9 Å². The van der Waals surface area contributed by atoms with Crippen molar-refractivity contribution in [3.05, 3.63) is 48.0 Å². The molecule has 0 radical (unpaired) electrons. The van der Waals surface area contributed by atoms with Gasteiger partial charge in [-0.05, 0) is 23.8 Å². The minimum atomic E-state index is -0.00591. The van der Waals surface area contributed by atoms with Crippen LogP contribution in [0.2, 0.25) is 0 Å². The van der Waals surface area contributed by atoms with Crippen LogP contribution < -0.4 is 0 Å². The number of carbonyl (C=O) groups is 2. The van der Waals surface area contributed by atoms with E-state index in [9.17, 15) is 9.59 Å². The van der Waals surface area contributed by atoms with Crippen molar-refractivity contribution in [3.63, 3.8) is 0 Å². The molecule has 4 rings (SSSR count). The van der Waals surface area contributed by atoms with Crippen LogP contribution in [0.4, 0.5) is 0 Å². The van der Waals surface area contributed by atoms with Crippen LogP contribution in [0.25, 0.3) is 21.9 Å². The van der Waals surface area contributed by atoms with Crippen molar-refractivity contribution in [3.8, 4) is 0 Å². The minimum Gasteiger partial charge on any atom is -0.456 e. The number of likely N-dealkylation sites (tertiary alicyclic amines) is 1. The van der Waals surface area contributed by atoms with Gasteiger partial charge in [0, 0.05) is 23.9 Å². The smallest absolute Gasteiger partial charge is 0.227 e. The van der Waals surface area contributed by atoms with Crippen molar-refractivity contribution < 1.29 is 14.0 Å². The molecule has 0 saturated carbocycles. The first-order valence-corrected chi connectivity index (χ1v) is 9.04. The predicted octanol–water partition coefficient (Wildman–Crippen LogP) is 3.55. The summed E-state index contributed by atoms with van der Waals surface area (Å²) in [6.07, 6.45) is 0.352. The third-order valence-electron chi connectivity index (χ3n) is 4.62. The molecule has 1 aromatic heterocycles. The Morgan fingerprint density at radius 1 is 1.08 bits per heavy atom. The van der Waals surface area contributed by atoms with E-state index < -0.39 is 0 Å². The van der Waals surface area contributed by atoms with Gasteiger partial charge in [0.05, 0.1) is 17.7 Å². The van der Waals surface area contributed by atoms with E-state index in [1.54, 1.807) is 4.90 Å². The average Bonchev–Trinajstić information content (AvgIpc) is 2.91. The van der Waals surface area contributed by atoms with Gasteiger partial charge in [0.15, 0.2) is 0 Å². The zero-order valence-electron chi connectivity index (χ0n) is 13.0. The van der Waals surface area contributed by atoms with E-state index >= 15 is 0 Å². The summed E-state index contributed by atoms with van der Waals surface area (Å²) in [5.41, 5.74) is 2.66. The topological polar surface area (TPSA) is 50.5 Å². The minimum absolute atomic E-state index is 0.00591. The fraction of sp³-hybridized carbons (Fsp3) is 0.263. The highest BCUT2D eigenvalue weighted by atomic mass is 79.9. The summed E-state index contributed by atoms with van der Waals surface area (Å²) in [5.74, 6) is 0.236. The van der Waals surface area contributed by atoms with Crippen LogP contribution in [0.1, 0.15) is 5.56 Å². The highest BCUT2D eigenvalue weighted by molar-refractivity contribution is 9.09. The largest absolute Gasteiger partial charge is 0.456 e. The highest BCUT2D eigenvalue weighted by Gasteiger charge is 2.34. The molecule has 5 heteroatoms. The standard InChI is InChI=1S/C19H16BrNO3/c20-9-16(22)13-10-21(11-13)19(23)8-12-5-6-18-15(7-12)14-3-1-2-4-17(14)24-18/h1-7,13H,8-11H2. The quantitative estimate of drug-likeness (QED) is 0.645. The highest BCUT2D eigenvalue weighted by Crippen LogP contribution is 2.29. The molecular weight excluding hydrogens is 370 g/mol. The normalized spacial score (nSPS) is 15.0. The molecule has 1 saturated heterocycles. The van der Waals surface area contributed by atoms with Crippen LogP contribution in [0, 0.1) is 5.92 Å². The van der Waals surface area contributed by atoms with Crippen LogP contribution >= 0.6 is 15.9 Å². The lowest BCUT2D eigenvalue weighted by Gasteiger charge is -2.38. The number of nitrogens with zero attached hydrogens (tertiary/aromatic N) is 1. The maximum absolute atomic E-state index is 12.4. The number of benzene rings is 2. The van der Waals surface area contributed by atoms with E-state index in [1.807, 2.05) is 42.5 Å². The van der Waals surface area contributed by atoms with Crippen LogP contribution in [-0.4, -0.2) is 35.0 Å². The third kappa shape index (κ3) is 2.63. The molecule has 0 N–H and O–H groups in total. The summed E-state index contributed by atoms with van der Waals surface area (Å²) in [6.45, 7) is 1.08. The molecule has 2 aromatic carbocycles. The molecule has 1 fully saturated rings. The maximum Gasteiger partial charge on any atom is 0.227 e. The number of halogens is 1. The van der Waals surface area contributed by atoms with Crippen LogP contribution in [0.5, 0.6) is 0 Å². The summed E-state index contributed by atoms with van der Waals surface area (Å²) < 4.78 is 5.81. The zero-order chi connectivity index (χ0) is 16.7. The number of carbonyl (C=O) groups excluding carboxylic acids is 2. The molecule has 3 aromatic rings. The van der Waals surface area contributed by atoms with Gasteiger partial charge in [-0.15, -0.1) is 0 Å². The molecule has 1 aliphatic heterocycles. The SMILES string of the molecule is O=C(CBr)C1CN(C(=O)Cc2ccc3oc4ccccc4c3c2)C1. The lowest BCUT2D eigenvalue weighted by molar-refractivity contribution is -0.140. The molecule has 1 amide bonds. The Hall–Kier alpha value is -2.14. The van der Waals surface area contributed by atoms with E-state index in [4.69, 9.17) is 4.42 Å². The summed E-state index contributed by atoms with van der Waals surface area (Å²) in [6, 6.07) is 13.8. The zero-order valence-corrected chi connectivity index (χ0v) is 14.6. The second-order valence-corrected chi connectivity index (χ2v) is 6.76. The molecule has 122 valence electrons. The van der Waals surface area contributed by atoms with E-state index in [0.717, 1.165) is 27.5 Å². The first kappa shape index (κ1) is 15.4. The number of alkyl halides is 1. The first-order chi connectivity index (χ1) is 11.7. The van der Waals surface area contributed by atoms with Crippen molar-refractivity contribution in [2.24, 2.45) is 5.92 Å². The molecule has 0 spiro atoms. The Kier molecular flexibility index (Phi) is 3.88. The van der Waals surface area contributed by atoms with E-state index in [-0.39, 0.29) is 17.6 Å². The summed E-state index contributed by atoms with van der Waals surface area (Å²) in [5, 5.41) is 2.46. The summed E-state index contributed by atoms with van der Waals surface area (Å²) >= 11 is 3.18. The predicted molar refractivity (Wildman–Crippen MR) is 96.3 cm³/mol. The van der Waals surface area contributed by atoms with Gasteiger partial charge in [0.1, 0.15) is 16.9 Å². The van der Waals surface area contributed by atoms with Crippen LogP contribution in [-0.2, 0) is 16.0 Å². The number of hydrogen-bond donors (Lipinski definition) is 0. The lowest BCUT2D eigenvalue weighted by Crippen LogP contribution is -2.53. The Morgan fingerprint density at radius 2 is 1.83 bits per heavy atom. The molecule has 1 aliphatic rings. The molecule has 0 aliphatic carbocycles. The number of para-hydroxylation sites is 1. The third-order valence-corrected chi connectivity index (χ3v) is 5.17. The van der Waals surface area contributed by atoms with Gasteiger partial charge >= 0.3 is 0 Å². The molecule has 0 bridgehead atoms. The molecule has 0 unspecified atom stereocenters. The summed E-state index contributed by atoms with van der Waals surface area (Å²) in [7, 11) is 0. The monoisotopic (exact) mass is 385 g/mol. The number of Topliss-reactive ketones (excluding diaryl/α,β-unsaturated/α-hetero) is 1. The second kappa shape index (κ2) is 6.06. The Bertz CT molecular complexity index is 940. The molecule has 24 heavy (non-hydrogen) atoms. The van der Waals surface area contributed by atoms with Gasteiger partial charge in [-0.25, -0.2) is 0 Å². The van der Waals surface area contributed by atoms with E-state index in [1.165, 1.54) is 0 Å². The van der Waals surface area contributed by atoms with Crippen molar-refractivity contribution in [1.29, 1.82) is 0 Å². The fourth-order valence-corrected chi connectivity index (χ4v) is 3.62. The van der Waals surface area contributed by atoms with Crippen molar-refractivity contribution in [2.45, 2.75) is 6.42 Å². The number of rotatable bonds is 4. The Labute approximate surface area is 147 Å². The number of amides is 1. The second-order valence-electron chi connectivity index (χ2n) is 6.20. The lowest BCUT2D eigenvalue weighted by atomic mass is 9.95. The summed E-state index contributed by atoms with van der Waals surface area (Å²) in [4.78, 5) is 25.7. The van der Waals surface area contributed by atoms with E-state index in [0.29, 0.717) is 24.8 Å². The van der Waals surface area contributed by atoms with Gasteiger partial charge in [-0.3, -0.25) is 9.59 Å². The Morgan fingerprint density at radius 3 is 2.62 bits per heavy atom. The van der Waals surface area contributed by atoms with Crippen LogP contribution in [0.3, 0.4) is 0 Å². The molecule has 0 atom stereocenters. The van der Waals surface area contributed by atoms with Gasteiger partial charge in [0.25, 0.3) is 0 Å². The van der Waals surface area contributed by atoms with E-state index in [2.05, 4.69) is 15.9 Å². The molecular formula is C19H16BrNO3. The fourth-order valence-electron chi connectivity index (χ4n) is 3.16. The van der Waals surface area contributed by atoms with Crippen molar-refractivity contribution in [1.82, 2.24) is 4.90 Å². The molecule has 4 nitrogen and oxygen atoms in total. The van der Waals surface area contributed by atoms with Gasteiger partial charge < -0.3 is 9.32 Å². The molecule has 2 heterocycles. The van der Waals surface area contributed by atoms with Crippen molar-refractivity contribution in [2.75, 3.05) is 18.4 Å². The maximum atomic E-state index is 12.4. The van der Waals surface area contributed by atoms with Gasteiger partial charge in [-0.1, -0.05) is 40.2 Å². The number of ketones is 1. The van der Waals surface area contributed by atoms with Gasteiger partial charge in [-0.2, -0.15) is 0 Å². The van der Waals surface area contributed by atoms with Gasteiger partial charge in [0.2, 0.25) is 5.91 Å². The Balaban J connectivity index is 1.52.